The maximum absolute atomic E-state index is 13.2. The predicted molar refractivity (Wildman–Crippen MR) is 132 cm³/mol. The standard InChI is InChI=1S/C24H23IN2O7/c1-4-13(3)34-21-17(25)9-14(10-20(21)31-5-2)8-16-22(28)26-24(30)27(23(16)29)15-6-7-18-19(11-15)33-12-32-18/h6-11,13H,4-5,12H2,1-3H3,(H,26,28,30)/b16-8+/t13-/m1/s1. The van der Waals surface area contributed by atoms with Crippen molar-refractivity contribution in [3.8, 4) is 23.0 Å². The Balaban J connectivity index is 1.70. The van der Waals surface area contributed by atoms with Gasteiger partial charge in [-0.3, -0.25) is 14.9 Å². The second-order valence-electron chi connectivity index (χ2n) is 7.60. The van der Waals surface area contributed by atoms with E-state index >= 15 is 0 Å². The van der Waals surface area contributed by atoms with Crippen molar-refractivity contribution in [3.63, 3.8) is 0 Å². The lowest BCUT2D eigenvalue weighted by atomic mass is 10.1. The summed E-state index contributed by atoms with van der Waals surface area (Å²) >= 11 is 2.13. The van der Waals surface area contributed by atoms with Crippen LogP contribution in [0.1, 0.15) is 32.8 Å². The second kappa shape index (κ2) is 9.92. The van der Waals surface area contributed by atoms with Gasteiger partial charge in [-0.25, -0.2) is 9.69 Å². The minimum Gasteiger partial charge on any atom is -0.490 e. The maximum atomic E-state index is 13.2. The van der Waals surface area contributed by atoms with Gasteiger partial charge in [-0.05, 0) is 78.8 Å². The largest absolute Gasteiger partial charge is 0.490 e. The molecule has 0 unspecified atom stereocenters. The van der Waals surface area contributed by atoms with Crippen LogP contribution in [0.3, 0.4) is 0 Å². The molecular weight excluding hydrogens is 555 g/mol. The number of carbonyl (C=O) groups excluding carboxylic acids is 3. The number of halogens is 1. The van der Waals surface area contributed by atoms with Gasteiger partial charge < -0.3 is 18.9 Å². The number of amides is 4. The van der Waals surface area contributed by atoms with E-state index in [2.05, 4.69) is 27.9 Å². The fraction of sp³-hybridized carbons (Fsp3) is 0.292. The van der Waals surface area contributed by atoms with Crippen LogP contribution in [0.4, 0.5) is 10.5 Å². The highest BCUT2D eigenvalue weighted by Crippen LogP contribution is 2.38. The summed E-state index contributed by atoms with van der Waals surface area (Å²) in [6.07, 6.45) is 2.25. The number of nitrogens with zero attached hydrogens (tertiary/aromatic N) is 1. The minimum absolute atomic E-state index is 0.0103. The molecule has 0 radical (unpaired) electrons. The third-order valence-corrected chi connectivity index (χ3v) is 6.05. The van der Waals surface area contributed by atoms with Crippen molar-refractivity contribution in [1.29, 1.82) is 0 Å². The Morgan fingerprint density at radius 1 is 1.15 bits per heavy atom. The number of hydrogen-bond donors (Lipinski definition) is 1. The van der Waals surface area contributed by atoms with Crippen LogP contribution in [0.15, 0.2) is 35.9 Å². The van der Waals surface area contributed by atoms with E-state index in [1.54, 1.807) is 24.3 Å². The molecule has 0 aliphatic carbocycles. The quantitative estimate of drug-likeness (QED) is 0.298. The Hall–Kier alpha value is -3.28. The second-order valence-corrected chi connectivity index (χ2v) is 8.76. The molecule has 2 aromatic rings. The highest BCUT2D eigenvalue weighted by atomic mass is 127. The van der Waals surface area contributed by atoms with Gasteiger partial charge in [0.05, 0.1) is 22.0 Å². The van der Waals surface area contributed by atoms with Gasteiger partial charge in [0, 0.05) is 6.07 Å². The summed E-state index contributed by atoms with van der Waals surface area (Å²) in [6.45, 7) is 6.32. The number of benzene rings is 2. The average molecular weight is 578 g/mol. The summed E-state index contributed by atoms with van der Waals surface area (Å²) in [5, 5.41) is 2.22. The molecule has 0 spiro atoms. The SMILES string of the molecule is CCOc1cc(/C=C2\C(=O)NC(=O)N(c3ccc4c(c3)OCO4)C2=O)cc(I)c1O[C@H](C)CC. The van der Waals surface area contributed by atoms with Crippen LogP contribution < -0.4 is 29.2 Å². The van der Waals surface area contributed by atoms with Gasteiger partial charge >= 0.3 is 6.03 Å². The molecule has 0 aromatic heterocycles. The van der Waals surface area contributed by atoms with E-state index in [-0.39, 0.29) is 24.2 Å². The van der Waals surface area contributed by atoms with Crippen LogP contribution in [0.5, 0.6) is 23.0 Å². The summed E-state index contributed by atoms with van der Waals surface area (Å²) in [7, 11) is 0. The van der Waals surface area contributed by atoms with Gasteiger partial charge in [0.15, 0.2) is 23.0 Å². The average Bonchev–Trinajstić information content (AvgIpc) is 3.27. The smallest absolute Gasteiger partial charge is 0.335 e. The molecule has 0 saturated carbocycles. The summed E-state index contributed by atoms with van der Waals surface area (Å²) in [5.74, 6) is 0.511. The van der Waals surface area contributed by atoms with Crippen molar-refractivity contribution >= 4 is 52.2 Å². The van der Waals surface area contributed by atoms with Gasteiger partial charge in [0.25, 0.3) is 11.8 Å². The fourth-order valence-corrected chi connectivity index (χ4v) is 4.17. The van der Waals surface area contributed by atoms with Crippen molar-refractivity contribution in [2.45, 2.75) is 33.3 Å². The first-order valence-electron chi connectivity index (χ1n) is 10.8. The molecule has 178 valence electrons. The lowest BCUT2D eigenvalue weighted by Gasteiger charge is -2.26. The molecule has 2 aliphatic heterocycles. The number of ether oxygens (including phenoxy) is 4. The third-order valence-electron chi connectivity index (χ3n) is 5.25. The number of rotatable bonds is 7. The number of hydrogen-bond acceptors (Lipinski definition) is 7. The molecule has 4 rings (SSSR count). The van der Waals surface area contributed by atoms with Crippen LogP contribution in [-0.2, 0) is 9.59 Å². The number of imide groups is 2. The zero-order valence-electron chi connectivity index (χ0n) is 18.8. The summed E-state index contributed by atoms with van der Waals surface area (Å²) < 4.78 is 23.2. The van der Waals surface area contributed by atoms with E-state index in [9.17, 15) is 14.4 Å². The van der Waals surface area contributed by atoms with Crippen LogP contribution in [0.25, 0.3) is 6.08 Å². The summed E-state index contributed by atoms with van der Waals surface area (Å²) in [5.41, 5.74) is 0.626. The molecule has 0 bridgehead atoms. The van der Waals surface area contributed by atoms with E-state index in [1.807, 2.05) is 20.8 Å². The number of urea groups is 1. The molecule has 1 atom stereocenters. The molecule has 2 aliphatic rings. The lowest BCUT2D eigenvalue weighted by molar-refractivity contribution is -0.122. The van der Waals surface area contributed by atoms with Crippen LogP contribution in [-0.4, -0.2) is 37.3 Å². The van der Waals surface area contributed by atoms with Crippen molar-refractivity contribution in [3.05, 3.63) is 45.0 Å². The maximum Gasteiger partial charge on any atom is 0.335 e. The molecule has 1 N–H and O–H groups in total. The monoisotopic (exact) mass is 578 g/mol. The van der Waals surface area contributed by atoms with Crippen molar-refractivity contribution in [1.82, 2.24) is 5.32 Å². The molecule has 10 heteroatoms. The topological polar surface area (TPSA) is 103 Å². The molecule has 9 nitrogen and oxygen atoms in total. The van der Waals surface area contributed by atoms with Gasteiger partial charge in [0.1, 0.15) is 5.57 Å². The van der Waals surface area contributed by atoms with E-state index in [4.69, 9.17) is 18.9 Å². The lowest BCUT2D eigenvalue weighted by Crippen LogP contribution is -2.54. The zero-order valence-corrected chi connectivity index (χ0v) is 21.0. The van der Waals surface area contributed by atoms with Crippen molar-refractivity contribution < 1.29 is 33.3 Å². The van der Waals surface area contributed by atoms with Crippen molar-refractivity contribution in [2.75, 3.05) is 18.3 Å². The van der Waals surface area contributed by atoms with Crippen LogP contribution in [0.2, 0.25) is 0 Å². The zero-order chi connectivity index (χ0) is 24.4. The molecule has 2 aromatic carbocycles. The molecular formula is C24H23IN2O7. The third kappa shape index (κ3) is 4.67. The highest BCUT2D eigenvalue weighted by molar-refractivity contribution is 14.1. The van der Waals surface area contributed by atoms with Crippen LogP contribution in [0, 0.1) is 3.57 Å². The summed E-state index contributed by atoms with van der Waals surface area (Å²) in [4.78, 5) is 39.2. The Morgan fingerprint density at radius 2 is 1.91 bits per heavy atom. The Morgan fingerprint density at radius 3 is 2.65 bits per heavy atom. The number of anilines is 1. The molecule has 4 amide bonds. The van der Waals surface area contributed by atoms with Crippen molar-refractivity contribution in [2.24, 2.45) is 0 Å². The molecule has 1 fully saturated rings. The van der Waals surface area contributed by atoms with Gasteiger partial charge in [-0.15, -0.1) is 0 Å². The first kappa shape index (κ1) is 23.9. The first-order valence-corrected chi connectivity index (χ1v) is 11.8. The van der Waals surface area contributed by atoms with E-state index in [0.717, 1.165) is 14.9 Å². The van der Waals surface area contributed by atoms with Crippen LogP contribution >= 0.6 is 22.6 Å². The highest BCUT2D eigenvalue weighted by Gasteiger charge is 2.37. The summed E-state index contributed by atoms with van der Waals surface area (Å²) in [6, 6.07) is 7.33. The number of carbonyl (C=O) groups is 3. The first-order chi connectivity index (χ1) is 16.3. The molecule has 2 heterocycles. The molecule has 34 heavy (non-hydrogen) atoms. The van der Waals surface area contributed by atoms with Gasteiger partial charge in [-0.2, -0.15) is 0 Å². The fourth-order valence-electron chi connectivity index (χ4n) is 3.42. The normalized spacial score (nSPS) is 17.1. The van der Waals surface area contributed by atoms with Gasteiger partial charge in [-0.1, -0.05) is 6.92 Å². The Labute approximate surface area is 210 Å². The predicted octanol–water partition coefficient (Wildman–Crippen LogP) is 4.26. The molecule has 1 saturated heterocycles. The Kier molecular flexibility index (Phi) is 6.96. The van der Waals surface area contributed by atoms with Gasteiger partial charge in [0.2, 0.25) is 6.79 Å². The van der Waals surface area contributed by atoms with E-state index in [1.165, 1.54) is 12.1 Å². The number of barbiturate groups is 1. The van der Waals surface area contributed by atoms with E-state index in [0.29, 0.717) is 35.2 Å². The van der Waals surface area contributed by atoms with E-state index < -0.39 is 17.8 Å². The Bertz CT molecular complexity index is 1190. The number of nitrogens with one attached hydrogen (secondary N) is 1. The number of fused-ring (bicyclic) bond motifs is 1. The minimum atomic E-state index is -0.840.